The molecule has 1 aromatic rings. The van der Waals surface area contributed by atoms with Crippen molar-refractivity contribution in [2.45, 2.75) is 45.1 Å². The van der Waals surface area contributed by atoms with Crippen molar-refractivity contribution in [2.75, 3.05) is 25.9 Å². The van der Waals surface area contributed by atoms with Crippen molar-refractivity contribution >= 4 is 15.9 Å². The van der Waals surface area contributed by atoms with Crippen LogP contribution in [0.25, 0.3) is 0 Å². The third kappa shape index (κ3) is 3.77. The van der Waals surface area contributed by atoms with E-state index in [2.05, 4.69) is 10.1 Å². The Morgan fingerprint density at radius 1 is 1.25 bits per heavy atom. The first kappa shape index (κ1) is 17.3. The van der Waals surface area contributed by atoms with Gasteiger partial charge >= 0.3 is 0 Å². The minimum Gasteiger partial charge on any atom is -0.341 e. The molecular weight excluding hydrogens is 332 g/mol. The highest BCUT2D eigenvalue weighted by atomic mass is 32.2. The minimum absolute atomic E-state index is 0.0493. The van der Waals surface area contributed by atoms with Crippen molar-refractivity contribution in [1.29, 1.82) is 0 Å². The van der Waals surface area contributed by atoms with E-state index in [1.54, 1.807) is 6.92 Å². The van der Waals surface area contributed by atoms with Crippen molar-refractivity contribution in [2.24, 2.45) is 5.92 Å². The molecule has 2 aliphatic rings. The first-order valence-electron chi connectivity index (χ1n) is 8.39. The lowest BCUT2D eigenvalue weighted by Gasteiger charge is -2.34. The van der Waals surface area contributed by atoms with Gasteiger partial charge in [-0.25, -0.2) is 8.42 Å². The second-order valence-electron chi connectivity index (χ2n) is 6.73. The number of sulfonamides is 1. The van der Waals surface area contributed by atoms with Gasteiger partial charge in [-0.3, -0.25) is 4.79 Å². The van der Waals surface area contributed by atoms with Gasteiger partial charge in [-0.2, -0.15) is 9.29 Å². The molecule has 9 heteroatoms. The molecule has 2 fully saturated rings. The maximum absolute atomic E-state index is 12.7. The van der Waals surface area contributed by atoms with Crippen molar-refractivity contribution in [3.8, 4) is 0 Å². The summed E-state index contributed by atoms with van der Waals surface area (Å²) in [6, 6.07) is -0.517. The van der Waals surface area contributed by atoms with Gasteiger partial charge in [-0.1, -0.05) is 5.16 Å². The fraction of sp³-hybridized carbons (Fsp3) is 0.800. The van der Waals surface area contributed by atoms with Gasteiger partial charge in [0.05, 0.1) is 6.26 Å². The predicted octanol–water partition coefficient (Wildman–Crippen LogP) is 0.583. The zero-order valence-corrected chi connectivity index (χ0v) is 15.0. The third-order valence-electron chi connectivity index (χ3n) is 4.88. The first-order chi connectivity index (χ1) is 11.3. The number of rotatable bonds is 4. The van der Waals surface area contributed by atoms with E-state index in [0.29, 0.717) is 37.9 Å². The number of nitrogens with zero attached hydrogens (tertiary/aromatic N) is 4. The van der Waals surface area contributed by atoms with E-state index < -0.39 is 16.1 Å². The fourth-order valence-corrected chi connectivity index (χ4v) is 4.75. The Bertz CT molecular complexity index is 694. The summed E-state index contributed by atoms with van der Waals surface area (Å²) in [6.45, 7) is 3.54. The molecule has 8 nitrogen and oxygen atoms in total. The quantitative estimate of drug-likeness (QED) is 0.783. The Morgan fingerprint density at radius 2 is 1.96 bits per heavy atom. The number of aryl methyl sites for hydroxylation is 1. The summed E-state index contributed by atoms with van der Waals surface area (Å²) < 4.78 is 30.0. The molecule has 0 bridgehead atoms. The van der Waals surface area contributed by atoms with E-state index in [-0.39, 0.29) is 5.91 Å². The first-order valence-corrected chi connectivity index (χ1v) is 10.2. The average Bonchev–Trinajstić information content (AvgIpc) is 3.16. The number of carbonyl (C=O) groups is 1. The van der Waals surface area contributed by atoms with Crippen molar-refractivity contribution in [3.05, 3.63) is 11.7 Å². The summed E-state index contributed by atoms with van der Waals surface area (Å²) in [4.78, 5) is 18.7. The molecule has 2 saturated heterocycles. The molecule has 1 amide bonds. The molecule has 3 rings (SSSR count). The lowest BCUT2D eigenvalue weighted by atomic mass is 9.93. The summed E-state index contributed by atoms with van der Waals surface area (Å²) in [7, 11) is -3.33. The van der Waals surface area contributed by atoms with Crippen LogP contribution in [0.5, 0.6) is 0 Å². The van der Waals surface area contributed by atoms with Crippen molar-refractivity contribution in [3.63, 3.8) is 0 Å². The van der Waals surface area contributed by atoms with Gasteiger partial charge in [0.1, 0.15) is 6.04 Å². The molecule has 0 saturated carbocycles. The second-order valence-corrected chi connectivity index (χ2v) is 8.67. The predicted molar refractivity (Wildman–Crippen MR) is 86.6 cm³/mol. The number of piperidine rings is 1. The maximum atomic E-state index is 12.7. The number of aromatic nitrogens is 2. The highest BCUT2D eigenvalue weighted by Crippen LogP contribution is 2.26. The van der Waals surface area contributed by atoms with Crippen LogP contribution >= 0.6 is 0 Å². The number of hydrogen-bond donors (Lipinski definition) is 0. The van der Waals surface area contributed by atoms with Gasteiger partial charge in [0.25, 0.3) is 0 Å². The topological polar surface area (TPSA) is 96.6 Å². The Hall–Kier alpha value is -1.48. The number of amides is 1. The van der Waals surface area contributed by atoms with E-state index in [1.165, 1.54) is 10.6 Å². The number of likely N-dealkylation sites (tertiary alicyclic amines) is 1. The third-order valence-corrected chi connectivity index (χ3v) is 6.17. The lowest BCUT2D eigenvalue weighted by Crippen LogP contribution is -2.49. The second kappa shape index (κ2) is 6.79. The highest BCUT2D eigenvalue weighted by Gasteiger charge is 2.39. The summed E-state index contributed by atoms with van der Waals surface area (Å²) in [5.41, 5.74) is 0. The summed E-state index contributed by atoms with van der Waals surface area (Å²) in [5, 5.41) is 3.92. The molecule has 1 aromatic heterocycles. The average molecular weight is 356 g/mol. The lowest BCUT2D eigenvalue weighted by molar-refractivity contribution is -0.136. The smallest absolute Gasteiger partial charge is 0.241 e. The molecule has 0 spiro atoms. The van der Waals surface area contributed by atoms with Crippen LogP contribution in [0, 0.1) is 12.8 Å². The zero-order chi connectivity index (χ0) is 17.3. The maximum Gasteiger partial charge on any atom is 0.241 e. The monoisotopic (exact) mass is 356 g/mol. The van der Waals surface area contributed by atoms with Gasteiger partial charge in [0, 0.05) is 33.0 Å². The highest BCUT2D eigenvalue weighted by molar-refractivity contribution is 7.88. The summed E-state index contributed by atoms with van der Waals surface area (Å²) in [5.74, 6) is 1.67. The largest absolute Gasteiger partial charge is 0.341 e. The summed E-state index contributed by atoms with van der Waals surface area (Å²) >= 11 is 0. The Kier molecular flexibility index (Phi) is 4.91. The van der Waals surface area contributed by atoms with Crippen LogP contribution in [0.1, 0.15) is 37.4 Å². The number of carbonyl (C=O) groups excluding carboxylic acids is 1. The SMILES string of the molecule is Cc1nc(CC2CCN(C(=O)C3CCCN3S(C)(=O)=O)CC2)no1. The van der Waals surface area contributed by atoms with E-state index >= 15 is 0 Å². The van der Waals surface area contributed by atoms with Crippen LogP contribution in [0.15, 0.2) is 4.52 Å². The standard InChI is InChI=1S/C15H24N4O4S/c1-11-16-14(17-23-11)10-12-5-8-18(9-6-12)15(20)13-4-3-7-19(13)24(2,21)22/h12-13H,3-10H2,1-2H3. The van der Waals surface area contributed by atoms with Crippen LogP contribution in [-0.2, 0) is 21.2 Å². The molecule has 1 atom stereocenters. The molecule has 0 aromatic carbocycles. The molecule has 0 aliphatic carbocycles. The zero-order valence-electron chi connectivity index (χ0n) is 14.1. The van der Waals surface area contributed by atoms with Crippen LogP contribution < -0.4 is 0 Å². The van der Waals surface area contributed by atoms with E-state index in [0.717, 1.165) is 31.5 Å². The number of hydrogen-bond acceptors (Lipinski definition) is 6. The van der Waals surface area contributed by atoms with Gasteiger partial charge in [-0.15, -0.1) is 0 Å². The molecule has 24 heavy (non-hydrogen) atoms. The molecule has 1 unspecified atom stereocenters. The van der Waals surface area contributed by atoms with Gasteiger partial charge in [0.2, 0.25) is 21.8 Å². The van der Waals surface area contributed by atoms with Gasteiger partial charge < -0.3 is 9.42 Å². The minimum atomic E-state index is -3.33. The van der Waals surface area contributed by atoms with E-state index in [9.17, 15) is 13.2 Å². The molecule has 0 N–H and O–H groups in total. The Labute approximate surface area is 142 Å². The van der Waals surface area contributed by atoms with Crippen molar-refractivity contribution in [1.82, 2.24) is 19.3 Å². The molecule has 3 heterocycles. The van der Waals surface area contributed by atoms with Gasteiger partial charge in [0.15, 0.2) is 5.82 Å². The molecule has 134 valence electrons. The van der Waals surface area contributed by atoms with Crippen LogP contribution in [0.4, 0.5) is 0 Å². The molecular formula is C15H24N4O4S. The Morgan fingerprint density at radius 3 is 2.54 bits per heavy atom. The van der Waals surface area contributed by atoms with E-state index in [1.807, 2.05) is 4.90 Å². The fourth-order valence-electron chi connectivity index (χ4n) is 3.63. The van der Waals surface area contributed by atoms with Crippen LogP contribution in [0.3, 0.4) is 0 Å². The van der Waals surface area contributed by atoms with Crippen molar-refractivity contribution < 1.29 is 17.7 Å². The Balaban J connectivity index is 1.55. The summed E-state index contributed by atoms with van der Waals surface area (Å²) in [6.07, 6.45) is 5.07. The van der Waals surface area contributed by atoms with Gasteiger partial charge in [-0.05, 0) is 31.6 Å². The van der Waals surface area contributed by atoms with E-state index in [4.69, 9.17) is 4.52 Å². The molecule has 0 radical (unpaired) electrons. The normalized spacial score (nSPS) is 23.8. The van der Waals surface area contributed by atoms with Crippen LogP contribution in [-0.4, -0.2) is 65.6 Å². The molecule has 2 aliphatic heterocycles. The van der Waals surface area contributed by atoms with Crippen LogP contribution in [0.2, 0.25) is 0 Å².